The lowest BCUT2D eigenvalue weighted by Gasteiger charge is -2.05. The van der Waals surface area contributed by atoms with Crippen LogP contribution in [-0.2, 0) is 12.4 Å². The standard InChI is InChI=1S/C13H12ClN3OS/c1-18-10-2-3-12-11(4-10)16-13(5-14)17(12)6-9-7-19-8-15-9/h2-4,7-8H,5-6H2,1H3. The van der Waals surface area contributed by atoms with Gasteiger partial charge in [-0.3, -0.25) is 0 Å². The number of halogens is 1. The van der Waals surface area contributed by atoms with E-state index in [4.69, 9.17) is 16.3 Å². The van der Waals surface area contributed by atoms with Crippen LogP contribution in [0.5, 0.6) is 5.75 Å². The van der Waals surface area contributed by atoms with Gasteiger partial charge in [-0.05, 0) is 12.1 Å². The molecule has 0 aliphatic carbocycles. The summed E-state index contributed by atoms with van der Waals surface area (Å²) in [5.41, 5.74) is 4.79. The number of hydrogen-bond acceptors (Lipinski definition) is 4. The molecule has 98 valence electrons. The van der Waals surface area contributed by atoms with E-state index in [1.807, 2.05) is 29.1 Å². The molecule has 19 heavy (non-hydrogen) atoms. The van der Waals surface area contributed by atoms with E-state index < -0.39 is 0 Å². The molecule has 0 saturated heterocycles. The van der Waals surface area contributed by atoms with Crippen LogP contribution in [0.2, 0.25) is 0 Å². The third kappa shape index (κ3) is 2.31. The van der Waals surface area contributed by atoms with E-state index in [9.17, 15) is 0 Å². The van der Waals surface area contributed by atoms with Gasteiger partial charge in [0.05, 0.1) is 41.8 Å². The average Bonchev–Trinajstić information content (AvgIpc) is 3.06. The Bertz CT molecular complexity index is 693. The van der Waals surface area contributed by atoms with Gasteiger partial charge in [-0.2, -0.15) is 0 Å². The van der Waals surface area contributed by atoms with Crippen LogP contribution in [0.1, 0.15) is 11.5 Å². The Kier molecular flexibility index (Phi) is 3.40. The maximum absolute atomic E-state index is 5.98. The van der Waals surface area contributed by atoms with Crippen molar-refractivity contribution in [2.24, 2.45) is 0 Å². The average molecular weight is 294 g/mol. The second-order valence-corrected chi connectivity index (χ2v) is 5.07. The summed E-state index contributed by atoms with van der Waals surface area (Å²) in [6, 6.07) is 5.85. The summed E-state index contributed by atoms with van der Waals surface area (Å²) in [5.74, 6) is 2.02. The van der Waals surface area contributed by atoms with Gasteiger partial charge in [0, 0.05) is 11.4 Å². The zero-order valence-corrected chi connectivity index (χ0v) is 11.9. The van der Waals surface area contributed by atoms with Crippen LogP contribution in [0.25, 0.3) is 11.0 Å². The molecule has 0 radical (unpaired) electrons. The third-order valence-corrected chi connectivity index (χ3v) is 3.83. The van der Waals surface area contributed by atoms with Gasteiger partial charge < -0.3 is 9.30 Å². The molecule has 0 spiro atoms. The van der Waals surface area contributed by atoms with Gasteiger partial charge >= 0.3 is 0 Å². The van der Waals surface area contributed by atoms with Crippen molar-refractivity contribution in [2.75, 3.05) is 7.11 Å². The van der Waals surface area contributed by atoms with E-state index in [1.54, 1.807) is 18.4 Å². The minimum atomic E-state index is 0.376. The topological polar surface area (TPSA) is 39.9 Å². The van der Waals surface area contributed by atoms with E-state index in [0.717, 1.165) is 28.3 Å². The SMILES string of the molecule is COc1ccc2c(c1)nc(CCl)n2Cc1cscn1. The molecule has 0 N–H and O–H groups in total. The Balaban J connectivity index is 2.10. The number of alkyl halides is 1. The van der Waals surface area contributed by atoms with E-state index in [2.05, 4.69) is 14.5 Å². The Hall–Kier alpha value is -1.59. The number of hydrogen-bond donors (Lipinski definition) is 0. The zero-order valence-electron chi connectivity index (χ0n) is 10.3. The summed E-state index contributed by atoms with van der Waals surface area (Å²) in [5, 5.41) is 2.04. The quantitative estimate of drug-likeness (QED) is 0.693. The molecule has 0 amide bonds. The fraction of sp³-hybridized carbons (Fsp3) is 0.231. The molecule has 0 aliphatic heterocycles. The van der Waals surface area contributed by atoms with Gasteiger partial charge in [0.1, 0.15) is 11.6 Å². The van der Waals surface area contributed by atoms with Crippen LogP contribution in [0, 0.1) is 0 Å². The number of benzene rings is 1. The predicted octanol–water partition coefficient (Wildman–Crippen LogP) is 3.29. The fourth-order valence-electron chi connectivity index (χ4n) is 2.04. The molecule has 2 aromatic heterocycles. The minimum absolute atomic E-state index is 0.376. The van der Waals surface area contributed by atoms with Crippen molar-refractivity contribution < 1.29 is 4.74 Å². The molecular formula is C13H12ClN3OS. The van der Waals surface area contributed by atoms with Crippen LogP contribution in [0.15, 0.2) is 29.1 Å². The lowest BCUT2D eigenvalue weighted by Crippen LogP contribution is -2.03. The molecule has 2 heterocycles. The first-order chi connectivity index (χ1) is 9.31. The summed E-state index contributed by atoms with van der Waals surface area (Å²) >= 11 is 7.57. The first-order valence-electron chi connectivity index (χ1n) is 5.78. The summed E-state index contributed by atoms with van der Waals surface area (Å²) in [7, 11) is 1.65. The highest BCUT2D eigenvalue weighted by molar-refractivity contribution is 7.07. The van der Waals surface area contributed by atoms with Crippen LogP contribution in [-0.4, -0.2) is 21.6 Å². The summed E-state index contributed by atoms with van der Waals surface area (Å²) in [6.45, 7) is 0.689. The number of aromatic nitrogens is 3. The third-order valence-electron chi connectivity index (χ3n) is 2.96. The van der Waals surface area contributed by atoms with E-state index in [-0.39, 0.29) is 0 Å². The van der Waals surface area contributed by atoms with Crippen LogP contribution >= 0.6 is 22.9 Å². The van der Waals surface area contributed by atoms with Gasteiger partial charge in [0.15, 0.2) is 0 Å². The lowest BCUT2D eigenvalue weighted by molar-refractivity contribution is 0.415. The van der Waals surface area contributed by atoms with Gasteiger partial charge in [-0.15, -0.1) is 22.9 Å². The molecule has 3 rings (SSSR count). The largest absolute Gasteiger partial charge is 0.497 e. The van der Waals surface area contributed by atoms with E-state index in [1.165, 1.54) is 0 Å². The molecule has 0 bridgehead atoms. The Morgan fingerprint density at radius 1 is 1.42 bits per heavy atom. The second kappa shape index (κ2) is 5.19. The number of imidazole rings is 1. The molecule has 0 atom stereocenters. The molecule has 3 aromatic rings. The van der Waals surface area contributed by atoms with Gasteiger partial charge in [-0.1, -0.05) is 0 Å². The van der Waals surface area contributed by atoms with Gasteiger partial charge in [0.25, 0.3) is 0 Å². The number of methoxy groups -OCH3 is 1. The van der Waals surface area contributed by atoms with Crippen molar-refractivity contribution in [2.45, 2.75) is 12.4 Å². The molecule has 1 aromatic carbocycles. The predicted molar refractivity (Wildman–Crippen MR) is 77.1 cm³/mol. The van der Waals surface area contributed by atoms with Crippen molar-refractivity contribution in [1.82, 2.24) is 14.5 Å². The Morgan fingerprint density at radius 2 is 2.32 bits per heavy atom. The summed E-state index contributed by atoms with van der Waals surface area (Å²) in [4.78, 5) is 8.86. The number of ether oxygens (including phenoxy) is 1. The van der Waals surface area contributed by atoms with Crippen molar-refractivity contribution in [3.8, 4) is 5.75 Å². The first kappa shape index (κ1) is 12.4. The normalized spacial score (nSPS) is 11.1. The second-order valence-electron chi connectivity index (χ2n) is 4.08. The van der Waals surface area contributed by atoms with E-state index >= 15 is 0 Å². The highest BCUT2D eigenvalue weighted by Crippen LogP contribution is 2.23. The van der Waals surface area contributed by atoms with Crippen LogP contribution in [0.3, 0.4) is 0 Å². The van der Waals surface area contributed by atoms with Crippen LogP contribution < -0.4 is 4.74 Å². The zero-order chi connectivity index (χ0) is 13.2. The molecular weight excluding hydrogens is 282 g/mol. The molecule has 0 fully saturated rings. The lowest BCUT2D eigenvalue weighted by atomic mass is 10.3. The fourth-order valence-corrected chi connectivity index (χ4v) is 2.80. The van der Waals surface area contributed by atoms with Crippen molar-refractivity contribution in [3.63, 3.8) is 0 Å². The number of thiazole rings is 1. The van der Waals surface area contributed by atoms with Crippen molar-refractivity contribution >= 4 is 34.0 Å². The van der Waals surface area contributed by atoms with Gasteiger partial charge in [-0.25, -0.2) is 9.97 Å². The van der Waals surface area contributed by atoms with Gasteiger partial charge in [0.2, 0.25) is 0 Å². The molecule has 0 unspecified atom stereocenters. The molecule has 6 heteroatoms. The number of fused-ring (bicyclic) bond motifs is 1. The number of nitrogens with zero attached hydrogens (tertiary/aromatic N) is 3. The summed E-state index contributed by atoms with van der Waals surface area (Å²) in [6.07, 6.45) is 0. The van der Waals surface area contributed by atoms with Crippen LogP contribution in [0.4, 0.5) is 0 Å². The monoisotopic (exact) mass is 293 g/mol. The van der Waals surface area contributed by atoms with Crippen molar-refractivity contribution in [3.05, 3.63) is 40.6 Å². The minimum Gasteiger partial charge on any atom is -0.497 e. The highest BCUT2D eigenvalue weighted by atomic mass is 35.5. The Morgan fingerprint density at radius 3 is 3.00 bits per heavy atom. The first-order valence-corrected chi connectivity index (χ1v) is 7.25. The molecule has 0 aliphatic rings. The maximum Gasteiger partial charge on any atom is 0.125 e. The summed E-state index contributed by atoms with van der Waals surface area (Å²) < 4.78 is 7.31. The van der Waals surface area contributed by atoms with E-state index in [0.29, 0.717) is 12.4 Å². The number of rotatable bonds is 4. The highest BCUT2D eigenvalue weighted by Gasteiger charge is 2.11. The van der Waals surface area contributed by atoms with Crippen molar-refractivity contribution in [1.29, 1.82) is 0 Å². The molecule has 0 saturated carbocycles. The Labute approximate surface area is 119 Å². The smallest absolute Gasteiger partial charge is 0.125 e. The maximum atomic E-state index is 5.98. The molecule has 4 nitrogen and oxygen atoms in total.